The van der Waals surface area contributed by atoms with Gasteiger partial charge in [-0.15, -0.1) is 0 Å². The van der Waals surface area contributed by atoms with Crippen molar-refractivity contribution in [1.82, 2.24) is 20.0 Å². The first-order valence-corrected chi connectivity index (χ1v) is 14.5. The number of ether oxygens (including phenoxy) is 1. The number of nitrogens with zero attached hydrogens (tertiary/aromatic N) is 4. The largest absolute Gasteiger partial charge is 0.445 e. The second-order valence-electron chi connectivity index (χ2n) is 12.6. The van der Waals surface area contributed by atoms with Crippen LogP contribution in [0.25, 0.3) is 0 Å². The molecule has 2 N–H and O–H groups in total. The molecule has 4 aliphatic carbocycles. The van der Waals surface area contributed by atoms with Crippen molar-refractivity contribution in [3.05, 3.63) is 47.7 Å². The molecular formula is C30H41N5O4. The number of anilines is 1. The van der Waals surface area contributed by atoms with Gasteiger partial charge in [0.25, 0.3) is 5.91 Å². The molecule has 0 spiro atoms. The molecule has 4 bridgehead atoms. The number of benzene rings is 1. The average Bonchev–Trinajstić information content (AvgIpc) is 3.31. The highest BCUT2D eigenvalue weighted by molar-refractivity contribution is 5.93. The molecule has 2 amide bonds. The predicted octanol–water partition coefficient (Wildman–Crippen LogP) is 3.57. The molecule has 1 saturated heterocycles. The Labute approximate surface area is 230 Å². The number of likely N-dealkylation sites (tertiary alicyclic amines) is 1. The molecule has 7 rings (SSSR count). The summed E-state index contributed by atoms with van der Waals surface area (Å²) in [4.78, 5) is 29.7. The van der Waals surface area contributed by atoms with Crippen LogP contribution in [-0.4, -0.2) is 70.1 Å². The van der Waals surface area contributed by atoms with Crippen LogP contribution >= 0.6 is 0 Å². The van der Waals surface area contributed by atoms with Gasteiger partial charge in [0, 0.05) is 45.8 Å². The number of piperidine rings is 1. The molecule has 4 saturated carbocycles. The normalized spacial score (nSPS) is 29.9. The first kappa shape index (κ1) is 26.2. The highest BCUT2D eigenvalue weighted by Crippen LogP contribution is 2.55. The number of aryl methyl sites for hydroxylation is 1. The molecule has 210 valence electrons. The van der Waals surface area contributed by atoms with Gasteiger partial charge in [-0.2, -0.15) is 5.10 Å². The van der Waals surface area contributed by atoms with Crippen LogP contribution < -0.4 is 10.2 Å². The standard InChI is InChI=1S/C30H41N5O4/c1-33(18-20-8-10-35(11-9-20)29(37)39-19-21-6-4-3-5-7-21)26-14-25(32-34(26)2)28(36)31-27-23-12-22-13-24(27)17-30(38,15-22)16-23/h3-7,14,20,22-24,27,38H,8-13,15-19H2,1-2H3,(H,31,36). The number of aliphatic hydroxyl groups is 1. The zero-order valence-corrected chi connectivity index (χ0v) is 23.1. The predicted molar refractivity (Wildman–Crippen MR) is 147 cm³/mol. The third-order valence-corrected chi connectivity index (χ3v) is 9.63. The monoisotopic (exact) mass is 535 g/mol. The van der Waals surface area contributed by atoms with Crippen LogP contribution in [0, 0.1) is 23.7 Å². The van der Waals surface area contributed by atoms with Crippen LogP contribution in [0.2, 0.25) is 0 Å². The summed E-state index contributed by atoms with van der Waals surface area (Å²) < 4.78 is 7.28. The Hall–Kier alpha value is -3.07. The first-order chi connectivity index (χ1) is 18.8. The third kappa shape index (κ3) is 5.51. The number of nitrogens with one attached hydrogen (secondary N) is 1. The van der Waals surface area contributed by atoms with Crippen molar-refractivity contribution in [3.8, 4) is 0 Å². The Kier molecular flexibility index (Phi) is 7.04. The summed E-state index contributed by atoms with van der Waals surface area (Å²) in [5.74, 6) is 2.60. The molecule has 39 heavy (non-hydrogen) atoms. The van der Waals surface area contributed by atoms with Gasteiger partial charge in [-0.1, -0.05) is 30.3 Å². The van der Waals surface area contributed by atoms with E-state index in [0.29, 0.717) is 49.1 Å². The fourth-order valence-electron chi connectivity index (χ4n) is 7.96. The Balaban J connectivity index is 0.990. The summed E-state index contributed by atoms with van der Waals surface area (Å²) in [7, 11) is 3.92. The van der Waals surface area contributed by atoms with Crippen molar-refractivity contribution in [2.24, 2.45) is 30.7 Å². The Morgan fingerprint density at radius 1 is 1.13 bits per heavy atom. The summed E-state index contributed by atoms with van der Waals surface area (Å²) in [6.07, 6.45) is 6.36. The third-order valence-electron chi connectivity index (χ3n) is 9.63. The molecule has 1 aromatic heterocycles. The van der Waals surface area contributed by atoms with E-state index in [-0.39, 0.29) is 18.0 Å². The fourth-order valence-corrected chi connectivity index (χ4v) is 7.96. The summed E-state index contributed by atoms with van der Waals surface area (Å²) in [5, 5.41) is 18.7. The van der Waals surface area contributed by atoms with Crippen LogP contribution in [-0.2, 0) is 18.4 Å². The number of aromatic nitrogens is 2. The van der Waals surface area contributed by atoms with E-state index in [1.54, 1.807) is 9.58 Å². The van der Waals surface area contributed by atoms with Crippen molar-refractivity contribution in [2.75, 3.05) is 31.6 Å². The molecular weight excluding hydrogens is 494 g/mol. The molecule has 9 nitrogen and oxygen atoms in total. The second kappa shape index (κ2) is 10.5. The molecule has 2 unspecified atom stereocenters. The van der Waals surface area contributed by atoms with Crippen LogP contribution in [0.1, 0.15) is 61.0 Å². The number of hydrogen-bond acceptors (Lipinski definition) is 6. The zero-order chi connectivity index (χ0) is 27.1. The van der Waals surface area contributed by atoms with Gasteiger partial charge in [0.05, 0.1) is 5.60 Å². The molecule has 9 heteroatoms. The molecule has 2 atom stereocenters. The van der Waals surface area contributed by atoms with E-state index >= 15 is 0 Å². The van der Waals surface area contributed by atoms with Crippen LogP contribution in [0.3, 0.4) is 0 Å². The highest BCUT2D eigenvalue weighted by Gasteiger charge is 2.55. The maximum Gasteiger partial charge on any atom is 0.410 e. The lowest BCUT2D eigenvalue weighted by atomic mass is 9.52. The van der Waals surface area contributed by atoms with Crippen LogP contribution in [0.5, 0.6) is 0 Å². The first-order valence-electron chi connectivity index (χ1n) is 14.5. The Morgan fingerprint density at radius 3 is 2.49 bits per heavy atom. The topological polar surface area (TPSA) is 99.9 Å². The fraction of sp³-hybridized carbons (Fsp3) is 0.633. The highest BCUT2D eigenvalue weighted by atomic mass is 16.6. The number of rotatable bonds is 7. The van der Waals surface area contributed by atoms with E-state index in [1.807, 2.05) is 50.5 Å². The van der Waals surface area contributed by atoms with E-state index in [0.717, 1.165) is 62.9 Å². The van der Waals surface area contributed by atoms with E-state index in [9.17, 15) is 14.7 Å². The van der Waals surface area contributed by atoms with Crippen molar-refractivity contribution in [2.45, 2.75) is 63.2 Å². The molecule has 5 fully saturated rings. The molecule has 5 aliphatic rings. The van der Waals surface area contributed by atoms with Gasteiger partial charge in [-0.3, -0.25) is 9.48 Å². The SMILES string of the molecule is CN(CC1CCN(C(=O)OCc2ccccc2)CC1)c1cc(C(=O)NC2C3CC4CC2CC(O)(C4)C3)nn1C. The number of carbonyl (C=O) groups is 2. The maximum atomic E-state index is 13.2. The van der Waals surface area contributed by atoms with Gasteiger partial charge in [-0.25, -0.2) is 4.79 Å². The molecule has 0 radical (unpaired) electrons. The average molecular weight is 536 g/mol. The second-order valence-corrected chi connectivity index (χ2v) is 12.6. The molecule has 2 heterocycles. The summed E-state index contributed by atoms with van der Waals surface area (Å²) in [5.41, 5.74) is 0.933. The van der Waals surface area contributed by atoms with Crippen molar-refractivity contribution < 1.29 is 19.4 Å². The minimum Gasteiger partial charge on any atom is -0.445 e. The van der Waals surface area contributed by atoms with Gasteiger partial charge < -0.3 is 25.0 Å². The number of hydrogen-bond donors (Lipinski definition) is 2. The van der Waals surface area contributed by atoms with Crippen molar-refractivity contribution in [3.63, 3.8) is 0 Å². The quantitative estimate of drug-likeness (QED) is 0.562. The van der Waals surface area contributed by atoms with Gasteiger partial charge in [0.2, 0.25) is 0 Å². The van der Waals surface area contributed by atoms with Crippen molar-refractivity contribution in [1.29, 1.82) is 0 Å². The summed E-state index contributed by atoms with van der Waals surface area (Å²) in [6.45, 7) is 2.50. The van der Waals surface area contributed by atoms with Gasteiger partial charge >= 0.3 is 6.09 Å². The van der Waals surface area contributed by atoms with E-state index in [2.05, 4.69) is 15.3 Å². The van der Waals surface area contributed by atoms with Crippen LogP contribution in [0.4, 0.5) is 10.6 Å². The Morgan fingerprint density at radius 2 is 1.82 bits per heavy atom. The zero-order valence-electron chi connectivity index (χ0n) is 23.1. The summed E-state index contributed by atoms with van der Waals surface area (Å²) in [6, 6.07) is 11.8. The van der Waals surface area contributed by atoms with Crippen molar-refractivity contribution >= 4 is 17.8 Å². The minimum atomic E-state index is -0.503. The van der Waals surface area contributed by atoms with Gasteiger partial charge in [-0.05, 0) is 74.2 Å². The number of carbonyl (C=O) groups excluding carboxylic acids is 2. The number of amides is 2. The smallest absolute Gasteiger partial charge is 0.410 e. The molecule has 1 aliphatic heterocycles. The molecule has 1 aromatic carbocycles. The van der Waals surface area contributed by atoms with E-state index in [4.69, 9.17) is 4.74 Å². The summed E-state index contributed by atoms with van der Waals surface area (Å²) >= 11 is 0. The lowest BCUT2D eigenvalue weighted by Crippen LogP contribution is -2.61. The Bertz CT molecular complexity index is 1180. The lowest BCUT2D eigenvalue weighted by Gasteiger charge is -2.58. The lowest BCUT2D eigenvalue weighted by molar-refractivity contribution is -0.136. The minimum absolute atomic E-state index is 0.114. The van der Waals surface area contributed by atoms with E-state index in [1.165, 1.54) is 0 Å². The van der Waals surface area contributed by atoms with Gasteiger partial charge in [0.1, 0.15) is 12.4 Å². The van der Waals surface area contributed by atoms with E-state index < -0.39 is 5.60 Å². The van der Waals surface area contributed by atoms with Crippen LogP contribution in [0.15, 0.2) is 36.4 Å². The maximum absolute atomic E-state index is 13.2. The molecule has 2 aromatic rings. The van der Waals surface area contributed by atoms with Gasteiger partial charge in [0.15, 0.2) is 5.69 Å².